The van der Waals surface area contributed by atoms with Gasteiger partial charge < -0.3 is 5.73 Å². The number of hydrogen-bond acceptors (Lipinski definition) is 2. The monoisotopic (exact) mass is 153 g/mol. The number of nitrogens with two attached hydrogens (primary N) is 1. The number of thioether (sulfide) groups is 1. The summed E-state index contributed by atoms with van der Waals surface area (Å²) in [7, 11) is 0. The maximum Gasteiger partial charge on any atom is 0.0101 e. The third kappa shape index (κ3) is 1.02. The lowest BCUT2D eigenvalue weighted by Gasteiger charge is -2.20. The van der Waals surface area contributed by atoms with Crippen molar-refractivity contribution in [1.82, 2.24) is 0 Å². The van der Waals surface area contributed by atoms with Gasteiger partial charge in [0.25, 0.3) is 0 Å². The van der Waals surface area contributed by atoms with Gasteiger partial charge in [0.15, 0.2) is 0 Å². The summed E-state index contributed by atoms with van der Waals surface area (Å²) in [5.41, 5.74) is 5.80. The second-order valence-corrected chi connectivity index (χ2v) is 3.87. The van der Waals surface area contributed by atoms with Crippen molar-refractivity contribution >= 4 is 11.8 Å². The highest BCUT2D eigenvalue weighted by Gasteiger charge is 2.22. The van der Waals surface area contributed by atoms with E-state index in [2.05, 4.69) is 17.6 Å². The molecule has 1 unspecified atom stereocenters. The van der Waals surface area contributed by atoms with Crippen molar-refractivity contribution in [3.05, 3.63) is 22.5 Å². The van der Waals surface area contributed by atoms with Crippen LogP contribution >= 0.6 is 11.8 Å². The first-order chi connectivity index (χ1) is 4.86. The predicted octanol–water partition coefficient (Wildman–Crippen LogP) is 1.87. The molecule has 0 amide bonds. The molecule has 0 saturated heterocycles. The fourth-order valence-corrected chi connectivity index (χ4v) is 2.45. The first-order valence-corrected chi connectivity index (χ1v) is 4.53. The average molecular weight is 153 g/mol. The highest BCUT2D eigenvalue weighted by Crippen LogP contribution is 2.39. The van der Waals surface area contributed by atoms with Crippen LogP contribution in [0, 0.1) is 5.92 Å². The smallest absolute Gasteiger partial charge is 0.0101 e. The van der Waals surface area contributed by atoms with Crippen LogP contribution in [0.2, 0.25) is 0 Å². The van der Waals surface area contributed by atoms with E-state index in [0.29, 0.717) is 12.0 Å². The van der Waals surface area contributed by atoms with Crippen LogP contribution in [0.4, 0.5) is 0 Å². The van der Waals surface area contributed by atoms with E-state index < -0.39 is 0 Å². The highest BCUT2D eigenvalue weighted by molar-refractivity contribution is 8.06. The highest BCUT2D eigenvalue weighted by atomic mass is 32.2. The summed E-state index contributed by atoms with van der Waals surface area (Å²) in [6, 6.07) is 0.400. The van der Waals surface area contributed by atoms with Gasteiger partial charge in [-0.15, -0.1) is 11.8 Å². The van der Waals surface area contributed by atoms with Gasteiger partial charge in [0.1, 0.15) is 0 Å². The lowest BCUT2D eigenvalue weighted by atomic mass is 9.92. The van der Waals surface area contributed by atoms with Crippen LogP contribution in [0.3, 0.4) is 0 Å². The Balaban J connectivity index is 2.18. The van der Waals surface area contributed by atoms with Crippen molar-refractivity contribution in [3.8, 4) is 0 Å². The van der Waals surface area contributed by atoms with E-state index in [1.165, 1.54) is 4.91 Å². The second kappa shape index (κ2) is 2.44. The van der Waals surface area contributed by atoms with Crippen LogP contribution in [0.25, 0.3) is 0 Å². The molecule has 0 aromatic heterocycles. The van der Waals surface area contributed by atoms with Crippen LogP contribution in [0.15, 0.2) is 22.5 Å². The molecule has 0 spiro atoms. The zero-order chi connectivity index (χ0) is 6.97. The Hall–Kier alpha value is -0.210. The lowest BCUT2D eigenvalue weighted by molar-refractivity contribution is 0.539. The van der Waals surface area contributed by atoms with Crippen molar-refractivity contribution < 1.29 is 0 Å². The molecule has 1 nitrogen and oxygen atoms in total. The molecule has 2 atom stereocenters. The number of rotatable bonds is 0. The number of fused-ring (bicyclic) bond motifs is 1. The summed E-state index contributed by atoms with van der Waals surface area (Å²) in [6.45, 7) is 0. The van der Waals surface area contributed by atoms with Crippen molar-refractivity contribution in [3.63, 3.8) is 0 Å². The molecular formula is C8H11NS. The van der Waals surface area contributed by atoms with Crippen LogP contribution in [-0.4, -0.2) is 6.04 Å². The third-order valence-electron chi connectivity index (χ3n) is 2.06. The van der Waals surface area contributed by atoms with Gasteiger partial charge >= 0.3 is 0 Å². The molecule has 0 saturated carbocycles. The fraction of sp³-hybridized carbons (Fsp3) is 0.500. The Labute approximate surface area is 65.4 Å². The van der Waals surface area contributed by atoms with Crippen molar-refractivity contribution in [2.75, 3.05) is 0 Å². The Bertz CT molecular complexity index is 195. The summed E-state index contributed by atoms with van der Waals surface area (Å²) in [6.07, 6.45) is 6.76. The van der Waals surface area contributed by atoms with Gasteiger partial charge in [0, 0.05) is 12.0 Å². The van der Waals surface area contributed by atoms with Gasteiger partial charge in [0.2, 0.25) is 0 Å². The molecule has 10 heavy (non-hydrogen) atoms. The fourth-order valence-electron chi connectivity index (χ4n) is 1.48. The second-order valence-electron chi connectivity index (χ2n) is 2.89. The number of hydrogen-bond donors (Lipinski definition) is 1. The van der Waals surface area contributed by atoms with Crippen molar-refractivity contribution in [2.24, 2.45) is 11.7 Å². The van der Waals surface area contributed by atoms with Crippen molar-refractivity contribution in [1.29, 1.82) is 0 Å². The van der Waals surface area contributed by atoms with Gasteiger partial charge in [-0.2, -0.15) is 0 Å². The minimum atomic E-state index is 0.400. The molecule has 1 aliphatic heterocycles. The minimum Gasteiger partial charge on any atom is -0.327 e. The maximum atomic E-state index is 5.80. The molecule has 54 valence electrons. The zero-order valence-corrected chi connectivity index (χ0v) is 6.60. The van der Waals surface area contributed by atoms with E-state index in [-0.39, 0.29) is 0 Å². The van der Waals surface area contributed by atoms with Crippen LogP contribution < -0.4 is 5.73 Å². The zero-order valence-electron chi connectivity index (χ0n) is 5.79. The average Bonchev–Trinajstić information content (AvgIpc) is 2.33. The van der Waals surface area contributed by atoms with E-state index in [4.69, 9.17) is 5.73 Å². The largest absolute Gasteiger partial charge is 0.327 e. The molecule has 0 fully saturated rings. The molecule has 0 radical (unpaired) electrons. The Morgan fingerprint density at radius 3 is 3.40 bits per heavy atom. The lowest BCUT2D eigenvalue weighted by Crippen LogP contribution is -2.25. The van der Waals surface area contributed by atoms with Gasteiger partial charge in [-0.3, -0.25) is 0 Å². The molecule has 2 heteroatoms. The SMILES string of the molecule is N[C@@H]1CC=C2SC=CC2C1. The van der Waals surface area contributed by atoms with E-state index in [9.17, 15) is 0 Å². The van der Waals surface area contributed by atoms with Crippen molar-refractivity contribution in [2.45, 2.75) is 18.9 Å². The quantitative estimate of drug-likeness (QED) is 0.575. The van der Waals surface area contributed by atoms with E-state index >= 15 is 0 Å². The van der Waals surface area contributed by atoms with Gasteiger partial charge in [-0.05, 0) is 23.2 Å². The summed E-state index contributed by atoms with van der Waals surface area (Å²) >= 11 is 1.85. The first-order valence-electron chi connectivity index (χ1n) is 3.65. The maximum absolute atomic E-state index is 5.80. The van der Waals surface area contributed by atoms with Crippen LogP contribution in [0.5, 0.6) is 0 Å². The summed E-state index contributed by atoms with van der Waals surface area (Å²) in [5, 5.41) is 2.18. The molecule has 0 aromatic carbocycles. The minimum absolute atomic E-state index is 0.400. The molecular weight excluding hydrogens is 142 g/mol. The molecule has 1 aliphatic carbocycles. The van der Waals surface area contributed by atoms with Crippen LogP contribution in [-0.2, 0) is 0 Å². The predicted molar refractivity (Wildman–Crippen MR) is 45.5 cm³/mol. The topological polar surface area (TPSA) is 26.0 Å². The Morgan fingerprint density at radius 2 is 2.50 bits per heavy atom. The molecule has 2 rings (SSSR count). The van der Waals surface area contributed by atoms with Gasteiger partial charge in [0.05, 0.1) is 0 Å². The Kier molecular flexibility index (Phi) is 1.58. The normalized spacial score (nSPS) is 37.5. The third-order valence-corrected chi connectivity index (χ3v) is 3.09. The molecule has 1 heterocycles. The van der Waals surface area contributed by atoms with E-state index in [1.54, 1.807) is 0 Å². The Morgan fingerprint density at radius 1 is 1.60 bits per heavy atom. The molecule has 0 bridgehead atoms. The van der Waals surface area contributed by atoms with Crippen LogP contribution in [0.1, 0.15) is 12.8 Å². The van der Waals surface area contributed by atoms with Gasteiger partial charge in [-0.1, -0.05) is 12.2 Å². The summed E-state index contributed by atoms with van der Waals surface area (Å²) < 4.78 is 0. The summed E-state index contributed by atoms with van der Waals surface area (Å²) in [5.74, 6) is 0.661. The number of allylic oxidation sites excluding steroid dienone is 2. The summed E-state index contributed by atoms with van der Waals surface area (Å²) in [4.78, 5) is 1.52. The molecule has 2 aliphatic rings. The van der Waals surface area contributed by atoms with E-state index in [1.807, 2.05) is 11.8 Å². The molecule has 0 aromatic rings. The van der Waals surface area contributed by atoms with E-state index in [0.717, 1.165) is 12.8 Å². The molecule has 2 N–H and O–H groups in total. The van der Waals surface area contributed by atoms with Gasteiger partial charge in [-0.25, -0.2) is 0 Å². The first kappa shape index (κ1) is 6.50. The standard InChI is InChI=1S/C8H11NS/c9-7-1-2-8-6(5-7)3-4-10-8/h2-4,6-7H,1,5,9H2/t6?,7-/m1/s1.